The summed E-state index contributed by atoms with van der Waals surface area (Å²) in [7, 11) is 0. The van der Waals surface area contributed by atoms with E-state index in [0.29, 0.717) is 19.3 Å². The smallest absolute Gasteiger partial charge is 0.306 e. The Morgan fingerprint density at radius 1 is 0.339 bits per heavy atom. The van der Waals surface area contributed by atoms with Gasteiger partial charge in [-0.1, -0.05) is 259 Å². The molecule has 0 aromatic rings. The number of esters is 3. The van der Waals surface area contributed by atoms with Gasteiger partial charge in [0.05, 0.1) is 0 Å². The Bertz CT molecular complexity index is 889. The van der Waals surface area contributed by atoms with E-state index in [1.165, 1.54) is 193 Å². The van der Waals surface area contributed by atoms with E-state index >= 15 is 0 Å². The van der Waals surface area contributed by atoms with Crippen molar-refractivity contribution in [1.29, 1.82) is 0 Å². The van der Waals surface area contributed by atoms with Crippen LogP contribution in [0.3, 0.4) is 0 Å². The number of unbranched alkanes of at least 4 members (excludes halogenated alkanes) is 34. The van der Waals surface area contributed by atoms with Crippen LogP contribution < -0.4 is 0 Å². The van der Waals surface area contributed by atoms with Crippen molar-refractivity contribution in [3.8, 4) is 0 Å². The second-order valence-corrected chi connectivity index (χ2v) is 18.4. The summed E-state index contributed by atoms with van der Waals surface area (Å²) < 4.78 is 16.8. The van der Waals surface area contributed by atoms with Crippen LogP contribution in [-0.4, -0.2) is 37.2 Å². The lowest BCUT2D eigenvalue weighted by Gasteiger charge is -2.18. The summed E-state index contributed by atoms with van der Waals surface area (Å²) in [6, 6.07) is 0. The van der Waals surface area contributed by atoms with Gasteiger partial charge in [0.25, 0.3) is 0 Å². The molecule has 350 valence electrons. The molecule has 0 radical (unpaired) electrons. The highest BCUT2D eigenvalue weighted by molar-refractivity contribution is 5.71. The van der Waals surface area contributed by atoms with E-state index in [0.717, 1.165) is 63.7 Å². The van der Waals surface area contributed by atoms with Gasteiger partial charge in [0.2, 0.25) is 0 Å². The highest BCUT2D eigenvalue weighted by atomic mass is 16.6. The summed E-state index contributed by atoms with van der Waals surface area (Å²) in [5.41, 5.74) is 0. The van der Waals surface area contributed by atoms with Gasteiger partial charge in [-0.15, -0.1) is 0 Å². The molecule has 0 bridgehead atoms. The molecule has 0 rings (SSSR count). The minimum Gasteiger partial charge on any atom is -0.462 e. The molecule has 2 atom stereocenters. The van der Waals surface area contributed by atoms with Gasteiger partial charge in [0, 0.05) is 19.3 Å². The van der Waals surface area contributed by atoms with Gasteiger partial charge in [0.1, 0.15) is 13.2 Å². The summed E-state index contributed by atoms with van der Waals surface area (Å²) in [5.74, 6) is 0.000404. The molecule has 0 heterocycles. The van der Waals surface area contributed by atoms with Crippen LogP contribution in [0.25, 0.3) is 0 Å². The van der Waals surface area contributed by atoms with E-state index in [1.807, 2.05) is 0 Å². The molecule has 0 N–H and O–H groups in total. The first-order valence-electron chi connectivity index (χ1n) is 26.4. The second kappa shape index (κ2) is 47.5. The molecule has 0 aliphatic heterocycles. The van der Waals surface area contributed by atoms with Gasteiger partial charge < -0.3 is 14.2 Å². The highest BCUT2D eigenvalue weighted by Crippen LogP contribution is 2.18. The SMILES string of the molecule is CCCCCCCCCCCCCCCCCCC(=O)OC[C@@H](COC(=O)CCCCCCCCCCCCCCC)OC(=O)CCCCCCCCCCC(C)CC. The van der Waals surface area contributed by atoms with Crippen LogP contribution in [0.5, 0.6) is 0 Å². The molecule has 0 spiro atoms. The fourth-order valence-corrected chi connectivity index (χ4v) is 8.01. The van der Waals surface area contributed by atoms with Crippen LogP contribution in [0.2, 0.25) is 0 Å². The highest BCUT2D eigenvalue weighted by Gasteiger charge is 2.19. The Labute approximate surface area is 368 Å². The van der Waals surface area contributed by atoms with E-state index in [1.54, 1.807) is 0 Å². The monoisotopic (exact) mass is 835 g/mol. The molecule has 0 fully saturated rings. The average Bonchev–Trinajstić information content (AvgIpc) is 3.23. The Morgan fingerprint density at radius 3 is 0.881 bits per heavy atom. The molecule has 0 saturated carbocycles. The second-order valence-electron chi connectivity index (χ2n) is 18.4. The van der Waals surface area contributed by atoms with Crippen molar-refractivity contribution in [2.75, 3.05) is 13.2 Å². The molecule has 6 nitrogen and oxygen atoms in total. The maximum Gasteiger partial charge on any atom is 0.306 e. The van der Waals surface area contributed by atoms with Crippen molar-refractivity contribution < 1.29 is 28.6 Å². The summed E-state index contributed by atoms with van der Waals surface area (Å²) >= 11 is 0. The van der Waals surface area contributed by atoms with Gasteiger partial charge in [-0.25, -0.2) is 0 Å². The molecule has 59 heavy (non-hydrogen) atoms. The maximum absolute atomic E-state index is 12.8. The fourth-order valence-electron chi connectivity index (χ4n) is 8.01. The number of hydrogen-bond acceptors (Lipinski definition) is 6. The van der Waals surface area contributed by atoms with E-state index in [2.05, 4.69) is 27.7 Å². The van der Waals surface area contributed by atoms with E-state index in [4.69, 9.17) is 14.2 Å². The maximum atomic E-state index is 12.8. The number of hydrogen-bond donors (Lipinski definition) is 0. The van der Waals surface area contributed by atoms with Crippen molar-refractivity contribution >= 4 is 17.9 Å². The normalized spacial score (nSPS) is 12.4. The molecule has 6 heteroatoms. The van der Waals surface area contributed by atoms with Gasteiger partial charge in [-0.05, 0) is 25.2 Å². The summed E-state index contributed by atoms with van der Waals surface area (Å²) in [6.45, 7) is 9.03. The predicted octanol–water partition coefficient (Wildman–Crippen LogP) is 17.1. The van der Waals surface area contributed by atoms with Crippen LogP contribution in [0.15, 0.2) is 0 Å². The molecule has 0 amide bonds. The van der Waals surface area contributed by atoms with E-state index in [9.17, 15) is 14.4 Å². The zero-order chi connectivity index (χ0) is 43.1. The first kappa shape index (κ1) is 57.4. The lowest BCUT2D eigenvalue weighted by atomic mass is 9.99. The minimum absolute atomic E-state index is 0.0630. The largest absolute Gasteiger partial charge is 0.462 e. The van der Waals surface area contributed by atoms with Crippen LogP contribution in [-0.2, 0) is 28.6 Å². The van der Waals surface area contributed by atoms with Crippen molar-refractivity contribution in [1.82, 2.24) is 0 Å². The van der Waals surface area contributed by atoms with Crippen molar-refractivity contribution in [2.45, 2.75) is 303 Å². The van der Waals surface area contributed by atoms with Crippen molar-refractivity contribution in [2.24, 2.45) is 5.92 Å². The van der Waals surface area contributed by atoms with Crippen LogP contribution in [0, 0.1) is 5.92 Å². The van der Waals surface area contributed by atoms with Crippen molar-refractivity contribution in [3.05, 3.63) is 0 Å². The first-order chi connectivity index (χ1) is 28.9. The third kappa shape index (κ3) is 45.8. The molecular weight excluding hydrogens is 733 g/mol. The van der Waals surface area contributed by atoms with Gasteiger partial charge in [-0.2, -0.15) is 0 Å². The van der Waals surface area contributed by atoms with Crippen LogP contribution in [0.1, 0.15) is 297 Å². The predicted molar refractivity (Wildman–Crippen MR) is 252 cm³/mol. The number of carbonyl (C=O) groups excluding carboxylic acids is 3. The van der Waals surface area contributed by atoms with E-state index in [-0.39, 0.29) is 31.1 Å². The minimum atomic E-state index is -0.761. The standard InChI is InChI=1S/C53H102O6/c1-5-8-10-12-14-16-18-20-21-22-24-26-28-33-37-41-45-52(55)58-48-50(59-53(56)46-42-38-34-30-29-31-35-39-43-49(4)7-3)47-57-51(54)44-40-36-32-27-25-23-19-17-15-13-11-9-6-2/h49-50H,5-48H2,1-4H3/t49?,50-/m1/s1. The topological polar surface area (TPSA) is 78.9 Å². The van der Waals surface area contributed by atoms with Crippen LogP contribution in [0.4, 0.5) is 0 Å². The van der Waals surface area contributed by atoms with Gasteiger partial charge in [0.15, 0.2) is 6.10 Å². The molecular formula is C53H102O6. The molecule has 1 unspecified atom stereocenters. The summed E-state index contributed by atoms with van der Waals surface area (Å²) in [6.07, 6.45) is 49.4. The molecule has 0 aliphatic carbocycles. The zero-order valence-corrected chi connectivity index (χ0v) is 40.2. The summed E-state index contributed by atoms with van der Waals surface area (Å²) in [4.78, 5) is 37.9. The number of carbonyl (C=O) groups is 3. The average molecular weight is 835 g/mol. The molecule has 0 aromatic heterocycles. The van der Waals surface area contributed by atoms with Crippen LogP contribution >= 0.6 is 0 Å². The first-order valence-corrected chi connectivity index (χ1v) is 26.4. The quantitative estimate of drug-likeness (QED) is 0.0345. The summed E-state index contributed by atoms with van der Waals surface area (Å²) in [5, 5.41) is 0. The lowest BCUT2D eigenvalue weighted by Crippen LogP contribution is -2.30. The Hall–Kier alpha value is -1.59. The Balaban J connectivity index is 4.30. The van der Waals surface area contributed by atoms with Gasteiger partial charge in [-0.3, -0.25) is 14.4 Å². The zero-order valence-electron chi connectivity index (χ0n) is 40.2. The third-order valence-electron chi connectivity index (χ3n) is 12.4. The third-order valence-corrected chi connectivity index (χ3v) is 12.4. The lowest BCUT2D eigenvalue weighted by molar-refractivity contribution is -0.167. The van der Waals surface area contributed by atoms with Crippen molar-refractivity contribution in [3.63, 3.8) is 0 Å². The molecule has 0 aliphatic rings. The molecule has 0 saturated heterocycles. The number of rotatable bonds is 48. The molecule has 0 aromatic carbocycles. The van der Waals surface area contributed by atoms with Gasteiger partial charge >= 0.3 is 17.9 Å². The Morgan fingerprint density at radius 2 is 0.593 bits per heavy atom. The van der Waals surface area contributed by atoms with E-state index < -0.39 is 6.10 Å². The number of ether oxygens (including phenoxy) is 3. The fraction of sp³-hybridized carbons (Fsp3) is 0.943. The Kier molecular flexibility index (Phi) is 46.2.